The lowest BCUT2D eigenvalue weighted by molar-refractivity contribution is -0.117. The van der Waals surface area contributed by atoms with Crippen LogP contribution < -0.4 is 9.64 Å². The predicted molar refractivity (Wildman–Crippen MR) is 97.2 cm³/mol. The monoisotopic (exact) mass is 349 g/mol. The van der Waals surface area contributed by atoms with Gasteiger partial charge in [-0.3, -0.25) is 4.79 Å². The Hall–Kier alpha value is -3.15. The summed E-state index contributed by atoms with van der Waals surface area (Å²) < 4.78 is 10.8. The highest BCUT2D eigenvalue weighted by atomic mass is 16.5. The van der Waals surface area contributed by atoms with Crippen LogP contribution in [-0.4, -0.2) is 29.7 Å². The van der Waals surface area contributed by atoms with Crippen LogP contribution in [0.4, 0.5) is 5.69 Å². The summed E-state index contributed by atoms with van der Waals surface area (Å²) in [6.45, 7) is 2.51. The van der Waals surface area contributed by atoms with Crippen molar-refractivity contribution in [1.29, 1.82) is 0 Å². The minimum atomic E-state index is -0.103. The summed E-state index contributed by atoms with van der Waals surface area (Å²) in [5.41, 5.74) is 2.75. The van der Waals surface area contributed by atoms with E-state index in [9.17, 15) is 4.79 Å². The van der Waals surface area contributed by atoms with Crippen molar-refractivity contribution in [2.24, 2.45) is 0 Å². The molecule has 0 spiro atoms. The van der Waals surface area contributed by atoms with Gasteiger partial charge in [-0.2, -0.15) is 4.98 Å². The number of methoxy groups -OCH3 is 1. The molecule has 2 heterocycles. The number of aromatic nitrogens is 2. The molecule has 0 radical (unpaired) electrons. The molecular weight excluding hydrogens is 330 g/mol. The zero-order valence-electron chi connectivity index (χ0n) is 14.7. The molecule has 1 amide bonds. The molecule has 26 heavy (non-hydrogen) atoms. The molecule has 0 bridgehead atoms. The summed E-state index contributed by atoms with van der Waals surface area (Å²) >= 11 is 0. The van der Waals surface area contributed by atoms with Gasteiger partial charge in [-0.1, -0.05) is 35.5 Å². The summed E-state index contributed by atoms with van der Waals surface area (Å²) in [5, 5.41) is 4.12. The van der Waals surface area contributed by atoms with Crippen molar-refractivity contribution in [3.63, 3.8) is 0 Å². The number of rotatable bonds is 4. The topological polar surface area (TPSA) is 68.5 Å². The van der Waals surface area contributed by atoms with Gasteiger partial charge in [0, 0.05) is 24.4 Å². The standard InChI is InChI=1S/C20H19N3O3/c1-13-7-3-4-8-15(13)20-21-19(22-26-20)14-11-18(24)23(12-14)16-9-5-6-10-17(16)25-2/h3-10,14H,11-12H2,1-2H3. The van der Waals surface area contributed by atoms with E-state index in [1.165, 1.54) is 0 Å². The largest absolute Gasteiger partial charge is 0.495 e. The Kier molecular flexibility index (Phi) is 4.16. The molecule has 0 saturated carbocycles. The lowest BCUT2D eigenvalue weighted by atomic mass is 10.1. The van der Waals surface area contributed by atoms with E-state index in [4.69, 9.17) is 9.26 Å². The predicted octanol–water partition coefficient (Wildman–Crippen LogP) is 3.57. The minimum Gasteiger partial charge on any atom is -0.495 e. The Balaban J connectivity index is 1.59. The quantitative estimate of drug-likeness (QED) is 0.720. The van der Waals surface area contributed by atoms with Crippen molar-refractivity contribution < 1.29 is 14.1 Å². The number of para-hydroxylation sites is 2. The number of aryl methyl sites for hydroxylation is 1. The Labute approximate surface area is 151 Å². The number of ether oxygens (including phenoxy) is 1. The van der Waals surface area contributed by atoms with Crippen LogP contribution in [0.2, 0.25) is 0 Å². The second kappa shape index (κ2) is 6.63. The lowest BCUT2D eigenvalue weighted by Gasteiger charge is -2.18. The highest BCUT2D eigenvalue weighted by Gasteiger charge is 2.35. The molecule has 6 nitrogen and oxygen atoms in total. The highest BCUT2D eigenvalue weighted by molar-refractivity contribution is 5.97. The van der Waals surface area contributed by atoms with Gasteiger partial charge in [0.25, 0.3) is 5.89 Å². The zero-order valence-corrected chi connectivity index (χ0v) is 14.7. The summed E-state index contributed by atoms with van der Waals surface area (Å²) in [7, 11) is 1.60. The van der Waals surface area contributed by atoms with E-state index >= 15 is 0 Å². The van der Waals surface area contributed by atoms with Crippen molar-refractivity contribution >= 4 is 11.6 Å². The third-order valence-corrected chi connectivity index (χ3v) is 4.68. The molecule has 3 aromatic rings. The number of anilines is 1. The molecule has 1 atom stereocenters. The third-order valence-electron chi connectivity index (χ3n) is 4.68. The van der Waals surface area contributed by atoms with E-state index in [1.54, 1.807) is 12.0 Å². The van der Waals surface area contributed by atoms with Gasteiger partial charge in [0.1, 0.15) is 5.75 Å². The molecular formula is C20H19N3O3. The SMILES string of the molecule is COc1ccccc1N1CC(c2noc(-c3ccccc3C)n2)CC1=O. The second-order valence-corrected chi connectivity index (χ2v) is 6.35. The minimum absolute atomic E-state index is 0.0294. The fourth-order valence-electron chi connectivity index (χ4n) is 3.29. The molecule has 0 N–H and O–H groups in total. The Morgan fingerprint density at radius 1 is 1.15 bits per heavy atom. The van der Waals surface area contributed by atoms with Crippen molar-refractivity contribution in [3.05, 3.63) is 59.9 Å². The number of hydrogen-bond acceptors (Lipinski definition) is 5. The number of carbonyl (C=O) groups is 1. The van der Waals surface area contributed by atoms with Gasteiger partial charge < -0.3 is 14.2 Å². The van der Waals surface area contributed by atoms with Crippen LogP contribution >= 0.6 is 0 Å². The van der Waals surface area contributed by atoms with Crippen LogP contribution in [0.25, 0.3) is 11.5 Å². The van der Waals surface area contributed by atoms with Crippen molar-refractivity contribution in [1.82, 2.24) is 10.1 Å². The van der Waals surface area contributed by atoms with Gasteiger partial charge in [0.15, 0.2) is 5.82 Å². The molecule has 132 valence electrons. The van der Waals surface area contributed by atoms with Crippen LogP contribution in [0.3, 0.4) is 0 Å². The molecule has 1 aliphatic heterocycles. The summed E-state index contributed by atoms with van der Waals surface area (Å²) in [6, 6.07) is 15.4. The Morgan fingerprint density at radius 3 is 2.73 bits per heavy atom. The lowest BCUT2D eigenvalue weighted by Crippen LogP contribution is -2.24. The van der Waals surface area contributed by atoms with Gasteiger partial charge in [0.2, 0.25) is 5.91 Å². The first kappa shape index (κ1) is 16.3. The summed E-state index contributed by atoms with van der Waals surface area (Å²) in [6.07, 6.45) is 0.352. The smallest absolute Gasteiger partial charge is 0.258 e. The van der Waals surface area contributed by atoms with Gasteiger partial charge in [-0.05, 0) is 30.7 Å². The average molecular weight is 349 g/mol. The van der Waals surface area contributed by atoms with Gasteiger partial charge >= 0.3 is 0 Å². The third kappa shape index (κ3) is 2.83. The first-order chi connectivity index (χ1) is 12.7. The van der Waals surface area contributed by atoms with Crippen molar-refractivity contribution in [3.8, 4) is 17.2 Å². The maximum absolute atomic E-state index is 12.5. The number of amides is 1. The van der Waals surface area contributed by atoms with Gasteiger partial charge in [-0.25, -0.2) is 0 Å². The molecule has 1 saturated heterocycles. The average Bonchev–Trinajstić information content (AvgIpc) is 3.29. The summed E-state index contributed by atoms with van der Waals surface area (Å²) in [5.74, 6) is 1.65. The molecule has 4 rings (SSSR count). The van der Waals surface area contributed by atoms with Crippen molar-refractivity contribution in [2.75, 3.05) is 18.6 Å². The molecule has 1 unspecified atom stereocenters. The number of nitrogens with zero attached hydrogens (tertiary/aromatic N) is 3. The van der Waals surface area contributed by atoms with Crippen LogP contribution in [0.15, 0.2) is 53.1 Å². The zero-order chi connectivity index (χ0) is 18.1. The Bertz CT molecular complexity index is 951. The van der Waals surface area contributed by atoms with E-state index in [1.807, 2.05) is 55.5 Å². The first-order valence-corrected chi connectivity index (χ1v) is 8.50. The molecule has 2 aromatic carbocycles. The second-order valence-electron chi connectivity index (χ2n) is 6.35. The maximum Gasteiger partial charge on any atom is 0.258 e. The molecule has 1 aliphatic rings. The van der Waals surface area contributed by atoms with Gasteiger partial charge in [-0.15, -0.1) is 0 Å². The normalized spacial score (nSPS) is 16.9. The number of hydrogen-bond donors (Lipinski definition) is 0. The highest BCUT2D eigenvalue weighted by Crippen LogP contribution is 2.36. The molecule has 1 fully saturated rings. The van der Waals surface area contributed by atoms with E-state index in [2.05, 4.69) is 10.1 Å². The van der Waals surface area contributed by atoms with E-state index in [0.717, 1.165) is 16.8 Å². The van der Waals surface area contributed by atoms with Crippen LogP contribution in [0, 0.1) is 6.92 Å². The number of carbonyl (C=O) groups excluding carboxylic acids is 1. The Morgan fingerprint density at radius 2 is 1.92 bits per heavy atom. The van der Waals surface area contributed by atoms with E-state index < -0.39 is 0 Å². The maximum atomic E-state index is 12.5. The van der Waals surface area contributed by atoms with E-state index in [0.29, 0.717) is 30.4 Å². The molecule has 6 heteroatoms. The van der Waals surface area contributed by atoms with Crippen LogP contribution in [-0.2, 0) is 4.79 Å². The fraction of sp³-hybridized carbons (Fsp3) is 0.250. The fourth-order valence-corrected chi connectivity index (χ4v) is 3.29. The first-order valence-electron chi connectivity index (χ1n) is 8.50. The van der Waals surface area contributed by atoms with Crippen molar-refractivity contribution in [2.45, 2.75) is 19.3 Å². The van der Waals surface area contributed by atoms with Crippen LogP contribution in [0.5, 0.6) is 5.75 Å². The molecule has 1 aromatic heterocycles. The molecule has 0 aliphatic carbocycles. The van der Waals surface area contributed by atoms with Gasteiger partial charge in [0.05, 0.1) is 12.8 Å². The van der Waals surface area contributed by atoms with Crippen LogP contribution in [0.1, 0.15) is 23.7 Å². The number of benzene rings is 2. The van der Waals surface area contributed by atoms with E-state index in [-0.39, 0.29) is 11.8 Å². The summed E-state index contributed by atoms with van der Waals surface area (Å²) in [4.78, 5) is 18.8.